The summed E-state index contributed by atoms with van der Waals surface area (Å²) in [5.41, 5.74) is 0. The summed E-state index contributed by atoms with van der Waals surface area (Å²) in [5, 5.41) is 5.92. The molecule has 2 bridgehead atoms. The van der Waals surface area contributed by atoms with Crippen LogP contribution >= 0.6 is 11.3 Å². The van der Waals surface area contributed by atoms with Crippen LogP contribution in [0.4, 0.5) is 0 Å². The van der Waals surface area contributed by atoms with Gasteiger partial charge in [0.05, 0.1) is 12.6 Å². The van der Waals surface area contributed by atoms with Gasteiger partial charge in [0.25, 0.3) is 0 Å². The van der Waals surface area contributed by atoms with Gasteiger partial charge in [0.1, 0.15) is 5.01 Å². The molecule has 0 spiro atoms. The number of fused-ring (bicyclic) bond motifs is 2. The van der Waals surface area contributed by atoms with E-state index >= 15 is 0 Å². The number of thiazole rings is 1. The minimum absolute atomic E-state index is 0.0719. The number of hydrogen-bond acceptors (Lipinski definition) is 4. The van der Waals surface area contributed by atoms with Gasteiger partial charge >= 0.3 is 0 Å². The first kappa shape index (κ1) is 11.2. The van der Waals surface area contributed by atoms with E-state index in [1.165, 1.54) is 19.3 Å². The summed E-state index contributed by atoms with van der Waals surface area (Å²) in [7, 11) is 1.73. The second-order valence-electron chi connectivity index (χ2n) is 4.88. The monoisotopic (exact) mass is 251 g/mol. The maximum atomic E-state index is 12.0. The van der Waals surface area contributed by atoms with Crippen molar-refractivity contribution in [2.24, 2.45) is 5.92 Å². The van der Waals surface area contributed by atoms with Crippen molar-refractivity contribution < 1.29 is 4.79 Å². The molecule has 2 heterocycles. The van der Waals surface area contributed by atoms with Gasteiger partial charge in [0.15, 0.2) is 0 Å². The molecule has 1 aliphatic heterocycles. The zero-order valence-electron chi connectivity index (χ0n) is 9.93. The molecule has 2 unspecified atom stereocenters. The van der Waals surface area contributed by atoms with Gasteiger partial charge < -0.3 is 5.32 Å². The van der Waals surface area contributed by atoms with Gasteiger partial charge in [0.2, 0.25) is 5.91 Å². The molecule has 1 saturated heterocycles. The van der Waals surface area contributed by atoms with Crippen molar-refractivity contribution in [2.75, 3.05) is 7.05 Å². The second-order valence-corrected chi connectivity index (χ2v) is 5.86. The second kappa shape index (κ2) is 4.38. The van der Waals surface area contributed by atoms with Crippen molar-refractivity contribution in [1.29, 1.82) is 0 Å². The van der Waals surface area contributed by atoms with Crippen LogP contribution in [0.1, 0.15) is 24.3 Å². The Morgan fingerprint density at radius 3 is 3.24 bits per heavy atom. The van der Waals surface area contributed by atoms with E-state index in [0.29, 0.717) is 12.0 Å². The van der Waals surface area contributed by atoms with Crippen LogP contribution in [0, 0.1) is 5.92 Å². The van der Waals surface area contributed by atoms with Crippen LogP contribution in [0.3, 0.4) is 0 Å². The van der Waals surface area contributed by atoms with Gasteiger partial charge in [-0.3, -0.25) is 9.69 Å². The van der Waals surface area contributed by atoms with Crippen molar-refractivity contribution in [3.63, 3.8) is 0 Å². The molecule has 92 valence electrons. The third-order valence-electron chi connectivity index (χ3n) is 4.03. The number of piperidine rings is 1. The normalized spacial score (nSPS) is 31.9. The highest BCUT2D eigenvalue weighted by atomic mass is 32.1. The van der Waals surface area contributed by atoms with E-state index < -0.39 is 0 Å². The smallest absolute Gasteiger partial charge is 0.237 e. The van der Waals surface area contributed by atoms with Crippen molar-refractivity contribution in [2.45, 2.75) is 37.9 Å². The Bertz CT molecular complexity index is 406. The first-order valence-electron chi connectivity index (χ1n) is 6.15. The fraction of sp³-hybridized carbons (Fsp3) is 0.667. The van der Waals surface area contributed by atoms with Gasteiger partial charge in [-0.1, -0.05) is 0 Å². The molecule has 3 atom stereocenters. The molecule has 2 aliphatic rings. The van der Waals surface area contributed by atoms with Crippen molar-refractivity contribution in [3.8, 4) is 0 Å². The Hall–Kier alpha value is -0.940. The van der Waals surface area contributed by atoms with E-state index in [-0.39, 0.29) is 11.9 Å². The third-order valence-corrected chi connectivity index (χ3v) is 4.80. The molecule has 4 nitrogen and oxygen atoms in total. The standard InChI is InChI=1S/C12H17N3OS/c1-13-12(16)11-8-2-3-9(6-8)15(11)7-10-14-4-5-17-10/h4-5,8-9,11H,2-3,6-7H2,1H3,(H,13,16)/t8?,9?,11-/m0/s1. The van der Waals surface area contributed by atoms with Crippen LogP contribution < -0.4 is 5.32 Å². The number of likely N-dealkylation sites (N-methyl/N-ethyl adjacent to an activating group) is 1. The summed E-state index contributed by atoms with van der Waals surface area (Å²) in [6.07, 6.45) is 5.47. The van der Waals surface area contributed by atoms with E-state index in [9.17, 15) is 4.79 Å². The summed E-state index contributed by atoms with van der Waals surface area (Å²) in [5.74, 6) is 0.730. The van der Waals surface area contributed by atoms with E-state index in [1.54, 1.807) is 18.4 Å². The summed E-state index contributed by atoms with van der Waals surface area (Å²) < 4.78 is 0. The number of aromatic nitrogens is 1. The van der Waals surface area contributed by atoms with E-state index in [2.05, 4.69) is 15.2 Å². The topological polar surface area (TPSA) is 45.2 Å². The number of carbonyl (C=O) groups is 1. The molecule has 0 aromatic carbocycles. The Labute approximate surface area is 105 Å². The number of amides is 1. The largest absolute Gasteiger partial charge is 0.358 e. The Balaban J connectivity index is 1.79. The molecule has 1 aliphatic carbocycles. The molecule has 1 saturated carbocycles. The lowest BCUT2D eigenvalue weighted by molar-refractivity contribution is -0.127. The van der Waals surface area contributed by atoms with Crippen LogP contribution in [0.15, 0.2) is 11.6 Å². The number of rotatable bonds is 3. The molecule has 5 heteroatoms. The van der Waals surface area contributed by atoms with E-state index in [4.69, 9.17) is 0 Å². The molecule has 1 N–H and O–H groups in total. The molecule has 1 amide bonds. The molecule has 0 radical (unpaired) electrons. The predicted molar refractivity (Wildman–Crippen MR) is 66.6 cm³/mol. The summed E-state index contributed by atoms with van der Waals surface area (Å²) >= 11 is 1.67. The van der Waals surface area contributed by atoms with E-state index in [1.807, 2.05) is 11.6 Å². The van der Waals surface area contributed by atoms with Crippen LogP contribution in [0.25, 0.3) is 0 Å². The molecule has 1 aromatic heterocycles. The highest BCUT2D eigenvalue weighted by Crippen LogP contribution is 2.43. The lowest BCUT2D eigenvalue weighted by Crippen LogP contribution is -2.49. The van der Waals surface area contributed by atoms with Crippen molar-refractivity contribution in [3.05, 3.63) is 16.6 Å². The van der Waals surface area contributed by atoms with Crippen LogP contribution in [-0.2, 0) is 11.3 Å². The van der Waals surface area contributed by atoms with Crippen LogP contribution in [0.5, 0.6) is 0 Å². The van der Waals surface area contributed by atoms with Crippen LogP contribution in [-0.4, -0.2) is 34.9 Å². The van der Waals surface area contributed by atoms with Gasteiger partial charge in [-0.2, -0.15) is 0 Å². The number of carbonyl (C=O) groups excluding carboxylic acids is 1. The lowest BCUT2D eigenvalue weighted by Gasteiger charge is -2.33. The highest BCUT2D eigenvalue weighted by molar-refractivity contribution is 7.09. The molecular formula is C12H17N3OS. The van der Waals surface area contributed by atoms with Gasteiger partial charge in [-0.25, -0.2) is 4.98 Å². The molecule has 17 heavy (non-hydrogen) atoms. The Kier molecular flexibility index (Phi) is 2.88. The zero-order valence-corrected chi connectivity index (χ0v) is 10.7. The summed E-state index contributed by atoms with van der Waals surface area (Å²) in [6.45, 7) is 0.830. The summed E-state index contributed by atoms with van der Waals surface area (Å²) in [6, 6.07) is 0.661. The third kappa shape index (κ3) is 1.87. The molecule has 1 aromatic rings. The van der Waals surface area contributed by atoms with Gasteiger partial charge in [-0.05, 0) is 25.2 Å². The highest BCUT2D eigenvalue weighted by Gasteiger charge is 2.48. The average Bonchev–Trinajstić information content (AvgIpc) is 3.03. The van der Waals surface area contributed by atoms with E-state index in [0.717, 1.165) is 11.6 Å². The first-order chi connectivity index (χ1) is 8.29. The maximum absolute atomic E-state index is 12.0. The molecular weight excluding hydrogens is 234 g/mol. The fourth-order valence-corrected chi connectivity index (χ4v) is 3.93. The molecule has 2 fully saturated rings. The number of likely N-dealkylation sites (tertiary alicyclic amines) is 1. The van der Waals surface area contributed by atoms with Crippen LogP contribution in [0.2, 0.25) is 0 Å². The predicted octanol–water partition coefficient (Wildman–Crippen LogP) is 1.24. The number of nitrogens with zero attached hydrogens (tertiary/aromatic N) is 2. The number of hydrogen-bond donors (Lipinski definition) is 1. The average molecular weight is 251 g/mol. The molecule has 3 rings (SSSR count). The van der Waals surface area contributed by atoms with Gasteiger partial charge in [-0.15, -0.1) is 11.3 Å². The zero-order chi connectivity index (χ0) is 11.8. The quantitative estimate of drug-likeness (QED) is 0.879. The number of nitrogens with one attached hydrogen (secondary N) is 1. The minimum Gasteiger partial charge on any atom is -0.358 e. The lowest BCUT2D eigenvalue weighted by atomic mass is 9.98. The van der Waals surface area contributed by atoms with Gasteiger partial charge in [0, 0.05) is 24.7 Å². The maximum Gasteiger partial charge on any atom is 0.237 e. The summed E-state index contributed by atoms with van der Waals surface area (Å²) in [4.78, 5) is 18.7. The first-order valence-corrected chi connectivity index (χ1v) is 7.03. The Morgan fingerprint density at radius 2 is 2.53 bits per heavy atom. The minimum atomic E-state index is 0.0719. The fourth-order valence-electron chi connectivity index (χ4n) is 3.30. The Morgan fingerprint density at radius 1 is 1.65 bits per heavy atom. The van der Waals surface area contributed by atoms with Crippen molar-refractivity contribution in [1.82, 2.24) is 15.2 Å². The SMILES string of the molecule is CNC(=O)[C@@H]1C2CCC(C2)N1Cc1nccs1. The van der Waals surface area contributed by atoms with Crippen molar-refractivity contribution >= 4 is 17.2 Å².